The zero-order valence-electron chi connectivity index (χ0n) is 15.2. The summed E-state index contributed by atoms with van der Waals surface area (Å²) in [4.78, 5) is 27.5. The van der Waals surface area contributed by atoms with Crippen LogP contribution in [0.3, 0.4) is 0 Å². The fraction of sp³-hybridized carbons (Fsp3) is 0.688. The molecule has 2 saturated heterocycles. The monoisotopic (exact) mass is 384 g/mol. The predicted molar refractivity (Wildman–Crippen MR) is 92.8 cm³/mol. The Hall–Kier alpha value is -1.94. The smallest absolute Gasteiger partial charge is 0.276 e. The fourth-order valence-electron chi connectivity index (χ4n) is 3.58. The van der Waals surface area contributed by atoms with Crippen molar-refractivity contribution in [3.05, 3.63) is 17.5 Å². The van der Waals surface area contributed by atoms with Gasteiger partial charge in [0.1, 0.15) is 5.76 Å². The fourth-order valence-corrected chi connectivity index (χ4v) is 5.76. The van der Waals surface area contributed by atoms with Crippen molar-refractivity contribution in [2.75, 3.05) is 40.3 Å². The number of fused-ring (bicyclic) bond motifs is 1. The van der Waals surface area contributed by atoms with Crippen LogP contribution in [0.2, 0.25) is 0 Å². The Morgan fingerprint density at radius 1 is 1.31 bits per heavy atom. The van der Waals surface area contributed by atoms with Crippen LogP contribution in [0.4, 0.5) is 0 Å². The SMILES string of the molecule is Cc1cc(C(=O)N2CC[C@@H]3CN(CC(=O)N(C)C)S(=O)(=O)[C@@H]3CC2)no1. The van der Waals surface area contributed by atoms with Gasteiger partial charge in [-0.15, -0.1) is 0 Å². The molecule has 2 aliphatic rings. The van der Waals surface area contributed by atoms with E-state index in [1.165, 1.54) is 9.21 Å². The predicted octanol–water partition coefficient (Wildman–Crippen LogP) is -0.0626. The molecule has 2 fully saturated rings. The molecule has 2 amide bonds. The van der Waals surface area contributed by atoms with Crippen LogP contribution in [-0.2, 0) is 14.8 Å². The van der Waals surface area contributed by atoms with Gasteiger partial charge in [-0.2, -0.15) is 4.31 Å². The quantitative estimate of drug-likeness (QED) is 0.723. The number of carbonyl (C=O) groups excluding carboxylic acids is 2. The minimum absolute atomic E-state index is 0.0770. The molecule has 0 N–H and O–H groups in total. The highest BCUT2D eigenvalue weighted by Crippen LogP contribution is 2.34. The van der Waals surface area contributed by atoms with Crippen LogP contribution in [0.5, 0.6) is 0 Å². The molecule has 0 aliphatic carbocycles. The summed E-state index contributed by atoms with van der Waals surface area (Å²) in [5.41, 5.74) is 0.246. The zero-order valence-corrected chi connectivity index (χ0v) is 16.0. The third-order valence-electron chi connectivity index (χ3n) is 5.10. The Balaban J connectivity index is 1.69. The average Bonchev–Trinajstić information content (AvgIpc) is 3.00. The molecule has 0 bridgehead atoms. The van der Waals surface area contributed by atoms with Gasteiger partial charge in [0.05, 0.1) is 11.8 Å². The Morgan fingerprint density at radius 3 is 2.62 bits per heavy atom. The second kappa shape index (κ2) is 6.99. The lowest BCUT2D eigenvalue weighted by molar-refractivity contribution is -0.128. The van der Waals surface area contributed by atoms with E-state index in [4.69, 9.17) is 4.52 Å². The van der Waals surface area contributed by atoms with Gasteiger partial charge in [0, 0.05) is 39.8 Å². The molecule has 144 valence electrons. The summed E-state index contributed by atoms with van der Waals surface area (Å²) in [6.07, 6.45) is 0.946. The number of carbonyl (C=O) groups is 2. The maximum atomic E-state index is 12.8. The van der Waals surface area contributed by atoms with Gasteiger partial charge in [-0.25, -0.2) is 8.42 Å². The number of rotatable bonds is 3. The van der Waals surface area contributed by atoms with E-state index in [0.717, 1.165) is 0 Å². The van der Waals surface area contributed by atoms with Crippen molar-refractivity contribution in [1.82, 2.24) is 19.3 Å². The highest BCUT2D eigenvalue weighted by atomic mass is 32.2. The number of aromatic nitrogens is 1. The third kappa shape index (κ3) is 3.48. The van der Waals surface area contributed by atoms with Crippen molar-refractivity contribution in [2.45, 2.75) is 25.0 Å². The number of hydrogen-bond acceptors (Lipinski definition) is 6. The van der Waals surface area contributed by atoms with Gasteiger partial charge in [-0.1, -0.05) is 5.16 Å². The van der Waals surface area contributed by atoms with Crippen molar-refractivity contribution >= 4 is 21.8 Å². The number of likely N-dealkylation sites (tertiary alicyclic amines) is 1. The van der Waals surface area contributed by atoms with Crippen LogP contribution in [0.15, 0.2) is 10.6 Å². The van der Waals surface area contributed by atoms with Gasteiger partial charge >= 0.3 is 0 Å². The van der Waals surface area contributed by atoms with Gasteiger partial charge in [0.15, 0.2) is 5.69 Å². The minimum Gasteiger partial charge on any atom is -0.361 e. The van der Waals surface area contributed by atoms with Crippen molar-refractivity contribution in [1.29, 1.82) is 0 Å². The molecule has 10 heteroatoms. The summed E-state index contributed by atoms with van der Waals surface area (Å²) in [6, 6.07) is 1.58. The van der Waals surface area contributed by atoms with E-state index in [9.17, 15) is 18.0 Å². The lowest BCUT2D eigenvalue weighted by atomic mass is 10.0. The minimum atomic E-state index is -3.54. The van der Waals surface area contributed by atoms with E-state index in [0.29, 0.717) is 38.2 Å². The molecule has 0 aromatic carbocycles. The van der Waals surface area contributed by atoms with E-state index in [1.807, 2.05) is 0 Å². The van der Waals surface area contributed by atoms with Crippen molar-refractivity contribution in [3.63, 3.8) is 0 Å². The molecule has 0 saturated carbocycles. The van der Waals surface area contributed by atoms with Crippen LogP contribution in [-0.4, -0.2) is 85.0 Å². The third-order valence-corrected chi connectivity index (χ3v) is 7.49. The number of aryl methyl sites for hydroxylation is 1. The van der Waals surface area contributed by atoms with Crippen LogP contribution in [0.1, 0.15) is 29.1 Å². The molecule has 0 spiro atoms. The van der Waals surface area contributed by atoms with Gasteiger partial charge < -0.3 is 14.3 Å². The molecule has 0 radical (unpaired) electrons. The molecule has 9 nitrogen and oxygen atoms in total. The van der Waals surface area contributed by atoms with Crippen LogP contribution in [0.25, 0.3) is 0 Å². The first kappa shape index (κ1) is 18.8. The summed E-state index contributed by atoms with van der Waals surface area (Å²) < 4.78 is 31.9. The lowest BCUT2D eigenvalue weighted by Gasteiger charge is -2.21. The van der Waals surface area contributed by atoms with E-state index in [2.05, 4.69) is 5.16 Å². The number of amides is 2. The standard InChI is InChI=1S/C16H24N4O5S/c1-11-8-13(17-25-11)16(22)19-6-4-12-9-20(10-15(21)18(2)3)26(23,24)14(12)5-7-19/h8,12,14H,4-7,9-10H2,1-3H3/t12-,14-/m1/s1. The average molecular weight is 384 g/mol. The highest BCUT2D eigenvalue weighted by Gasteiger charge is 2.47. The van der Waals surface area contributed by atoms with Crippen molar-refractivity contribution in [2.24, 2.45) is 5.92 Å². The second-order valence-electron chi connectivity index (χ2n) is 7.12. The number of nitrogens with zero attached hydrogens (tertiary/aromatic N) is 4. The Labute approximate surface area is 152 Å². The van der Waals surface area contributed by atoms with Crippen LogP contribution >= 0.6 is 0 Å². The first-order valence-electron chi connectivity index (χ1n) is 8.62. The van der Waals surface area contributed by atoms with Gasteiger partial charge in [0.25, 0.3) is 5.91 Å². The number of hydrogen-bond donors (Lipinski definition) is 0. The summed E-state index contributed by atoms with van der Waals surface area (Å²) >= 11 is 0. The summed E-state index contributed by atoms with van der Waals surface area (Å²) in [6.45, 7) is 2.74. The first-order valence-corrected chi connectivity index (χ1v) is 10.1. The Bertz CT molecular complexity index is 803. The normalized spacial score (nSPS) is 25.6. The van der Waals surface area contributed by atoms with E-state index in [1.54, 1.807) is 32.0 Å². The first-order chi connectivity index (χ1) is 12.2. The second-order valence-corrected chi connectivity index (χ2v) is 9.27. The number of likely N-dealkylation sites (N-methyl/N-ethyl adjacent to an activating group) is 1. The highest BCUT2D eigenvalue weighted by molar-refractivity contribution is 7.90. The molecule has 3 heterocycles. The molecular weight excluding hydrogens is 360 g/mol. The van der Waals surface area contributed by atoms with E-state index >= 15 is 0 Å². The molecular formula is C16H24N4O5S. The molecule has 1 aromatic rings. The lowest BCUT2D eigenvalue weighted by Crippen LogP contribution is -2.39. The zero-order chi connectivity index (χ0) is 19.1. The summed E-state index contributed by atoms with van der Waals surface area (Å²) in [5, 5.41) is 3.20. The van der Waals surface area contributed by atoms with Gasteiger partial charge in [-0.05, 0) is 25.7 Å². The molecule has 2 aliphatic heterocycles. The molecule has 1 aromatic heterocycles. The van der Waals surface area contributed by atoms with Gasteiger partial charge in [0.2, 0.25) is 15.9 Å². The summed E-state index contributed by atoms with van der Waals surface area (Å²) in [7, 11) is -0.317. The summed E-state index contributed by atoms with van der Waals surface area (Å²) in [5.74, 6) is 0.0118. The van der Waals surface area contributed by atoms with Crippen molar-refractivity contribution < 1.29 is 22.5 Å². The maximum absolute atomic E-state index is 12.8. The largest absolute Gasteiger partial charge is 0.361 e. The molecule has 3 rings (SSSR count). The Kier molecular flexibility index (Phi) is 5.07. The topological polar surface area (TPSA) is 104 Å². The maximum Gasteiger partial charge on any atom is 0.276 e. The molecule has 2 atom stereocenters. The molecule has 26 heavy (non-hydrogen) atoms. The molecule has 0 unspecified atom stereocenters. The number of sulfonamides is 1. The Morgan fingerprint density at radius 2 is 2.00 bits per heavy atom. The van der Waals surface area contributed by atoms with Crippen LogP contribution < -0.4 is 0 Å². The van der Waals surface area contributed by atoms with E-state index < -0.39 is 15.3 Å². The van der Waals surface area contributed by atoms with Crippen LogP contribution in [0, 0.1) is 12.8 Å². The van der Waals surface area contributed by atoms with Gasteiger partial charge in [-0.3, -0.25) is 9.59 Å². The van der Waals surface area contributed by atoms with E-state index in [-0.39, 0.29) is 30.0 Å². The van der Waals surface area contributed by atoms with Crippen molar-refractivity contribution in [3.8, 4) is 0 Å².